The summed E-state index contributed by atoms with van der Waals surface area (Å²) in [4.78, 5) is 0. The van der Waals surface area contributed by atoms with Crippen LogP contribution >= 0.6 is 0 Å². The molecule has 1 heterocycles. The van der Waals surface area contributed by atoms with E-state index in [4.69, 9.17) is 10.5 Å². The van der Waals surface area contributed by atoms with Crippen LogP contribution in [0.3, 0.4) is 0 Å². The molecule has 0 aliphatic carbocycles. The van der Waals surface area contributed by atoms with Gasteiger partial charge in [-0.1, -0.05) is 0 Å². The molecule has 0 fully saturated rings. The van der Waals surface area contributed by atoms with Gasteiger partial charge in [0.2, 0.25) is 0 Å². The van der Waals surface area contributed by atoms with E-state index >= 15 is 0 Å². The van der Waals surface area contributed by atoms with Crippen molar-refractivity contribution in [1.82, 2.24) is 9.78 Å². The molecule has 0 bridgehead atoms. The summed E-state index contributed by atoms with van der Waals surface area (Å²) in [6.07, 6.45) is 3.46. The standard InChI is InChI=1S/C6H11N3O/c1-9-5-6(4-8-9)10-3-2-7/h4-5H,2-3,7H2,1H3. The van der Waals surface area contributed by atoms with Crippen molar-refractivity contribution in [3.8, 4) is 5.75 Å². The average molecular weight is 141 g/mol. The van der Waals surface area contributed by atoms with Gasteiger partial charge in [-0.25, -0.2) is 0 Å². The van der Waals surface area contributed by atoms with Crippen molar-refractivity contribution in [2.75, 3.05) is 13.2 Å². The Bertz CT molecular complexity index is 197. The number of nitrogens with two attached hydrogens (primary N) is 1. The molecule has 0 unspecified atom stereocenters. The molecule has 0 saturated carbocycles. The van der Waals surface area contributed by atoms with Gasteiger partial charge in [0.05, 0.1) is 12.4 Å². The summed E-state index contributed by atoms with van der Waals surface area (Å²) in [5, 5.41) is 3.92. The van der Waals surface area contributed by atoms with Gasteiger partial charge in [0.1, 0.15) is 6.61 Å². The smallest absolute Gasteiger partial charge is 0.157 e. The van der Waals surface area contributed by atoms with E-state index in [9.17, 15) is 0 Å². The lowest BCUT2D eigenvalue weighted by Crippen LogP contribution is -2.10. The molecule has 4 heteroatoms. The van der Waals surface area contributed by atoms with E-state index in [0.29, 0.717) is 13.2 Å². The van der Waals surface area contributed by atoms with Gasteiger partial charge < -0.3 is 10.5 Å². The third-order valence-corrected chi connectivity index (χ3v) is 1.07. The van der Waals surface area contributed by atoms with E-state index in [-0.39, 0.29) is 0 Å². The molecule has 0 aliphatic heterocycles. The quantitative estimate of drug-likeness (QED) is 0.632. The van der Waals surface area contributed by atoms with Crippen molar-refractivity contribution in [1.29, 1.82) is 0 Å². The summed E-state index contributed by atoms with van der Waals surface area (Å²) >= 11 is 0. The molecule has 1 rings (SSSR count). The van der Waals surface area contributed by atoms with Crippen LogP contribution in [0.15, 0.2) is 12.4 Å². The van der Waals surface area contributed by atoms with Crippen molar-refractivity contribution >= 4 is 0 Å². The van der Waals surface area contributed by atoms with Crippen LogP contribution in [0.5, 0.6) is 5.75 Å². The van der Waals surface area contributed by atoms with Crippen LogP contribution < -0.4 is 10.5 Å². The minimum atomic E-state index is 0.537. The lowest BCUT2D eigenvalue weighted by atomic mass is 10.6. The molecule has 4 nitrogen and oxygen atoms in total. The van der Waals surface area contributed by atoms with Crippen LogP contribution in [0.2, 0.25) is 0 Å². The first kappa shape index (κ1) is 7.08. The predicted molar refractivity (Wildman–Crippen MR) is 37.8 cm³/mol. The highest BCUT2D eigenvalue weighted by Gasteiger charge is 1.93. The summed E-state index contributed by atoms with van der Waals surface area (Å²) in [7, 11) is 1.84. The van der Waals surface area contributed by atoms with Crippen LogP contribution in [0.1, 0.15) is 0 Å². The Balaban J connectivity index is 2.42. The number of aromatic nitrogens is 2. The minimum Gasteiger partial charge on any atom is -0.489 e. The molecule has 0 aromatic carbocycles. The molecule has 56 valence electrons. The number of hydrogen-bond donors (Lipinski definition) is 1. The Kier molecular flexibility index (Phi) is 2.28. The summed E-state index contributed by atoms with van der Waals surface area (Å²) in [6, 6.07) is 0. The molecule has 2 N–H and O–H groups in total. The van der Waals surface area contributed by atoms with Gasteiger partial charge in [0, 0.05) is 13.6 Å². The zero-order valence-electron chi connectivity index (χ0n) is 5.95. The van der Waals surface area contributed by atoms with Gasteiger partial charge in [-0.05, 0) is 0 Å². The Labute approximate surface area is 59.6 Å². The van der Waals surface area contributed by atoms with E-state index in [1.165, 1.54) is 0 Å². The Morgan fingerprint density at radius 3 is 3.10 bits per heavy atom. The lowest BCUT2D eigenvalue weighted by molar-refractivity contribution is 0.328. The Morgan fingerprint density at radius 1 is 1.80 bits per heavy atom. The molecular formula is C6H11N3O. The van der Waals surface area contributed by atoms with Gasteiger partial charge in [0.25, 0.3) is 0 Å². The van der Waals surface area contributed by atoms with Crippen molar-refractivity contribution in [3.05, 3.63) is 12.4 Å². The molecule has 1 aromatic rings. The molecule has 0 amide bonds. The maximum atomic E-state index is 5.23. The van der Waals surface area contributed by atoms with Crippen LogP contribution in [0, 0.1) is 0 Å². The number of aryl methyl sites for hydroxylation is 1. The maximum absolute atomic E-state index is 5.23. The second-order valence-electron chi connectivity index (χ2n) is 1.99. The van der Waals surface area contributed by atoms with Gasteiger partial charge in [-0.3, -0.25) is 4.68 Å². The van der Waals surface area contributed by atoms with Crippen molar-refractivity contribution < 1.29 is 4.74 Å². The van der Waals surface area contributed by atoms with Gasteiger partial charge in [0.15, 0.2) is 5.75 Å². The monoisotopic (exact) mass is 141 g/mol. The third kappa shape index (κ3) is 1.73. The molecule has 0 atom stereocenters. The van der Waals surface area contributed by atoms with Crippen molar-refractivity contribution in [2.45, 2.75) is 0 Å². The van der Waals surface area contributed by atoms with E-state index in [1.807, 2.05) is 7.05 Å². The molecule has 0 saturated heterocycles. The summed E-state index contributed by atoms with van der Waals surface area (Å²) in [6.45, 7) is 1.08. The fraction of sp³-hybridized carbons (Fsp3) is 0.500. The molecule has 0 radical (unpaired) electrons. The topological polar surface area (TPSA) is 53.1 Å². The van der Waals surface area contributed by atoms with Crippen LogP contribution in [-0.2, 0) is 7.05 Å². The third-order valence-electron chi connectivity index (χ3n) is 1.07. The second-order valence-corrected chi connectivity index (χ2v) is 1.99. The summed E-state index contributed by atoms with van der Waals surface area (Å²) in [5.41, 5.74) is 5.23. The minimum absolute atomic E-state index is 0.537. The van der Waals surface area contributed by atoms with Gasteiger partial charge in [-0.15, -0.1) is 0 Å². The summed E-state index contributed by atoms with van der Waals surface area (Å²) in [5.74, 6) is 0.771. The fourth-order valence-corrected chi connectivity index (χ4v) is 0.650. The Morgan fingerprint density at radius 2 is 2.60 bits per heavy atom. The highest BCUT2D eigenvalue weighted by atomic mass is 16.5. The highest BCUT2D eigenvalue weighted by Crippen LogP contribution is 2.05. The SMILES string of the molecule is Cn1cc(OCCN)cn1. The van der Waals surface area contributed by atoms with Crippen LogP contribution in [0.25, 0.3) is 0 Å². The van der Waals surface area contributed by atoms with Crippen LogP contribution in [-0.4, -0.2) is 22.9 Å². The van der Waals surface area contributed by atoms with E-state index in [1.54, 1.807) is 17.1 Å². The first-order valence-corrected chi connectivity index (χ1v) is 3.14. The largest absolute Gasteiger partial charge is 0.489 e. The Hall–Kier alpha value is -1.03. The first-order chi connectivity index (χ1) is 4.83. The molecule has 0 aliphatic rings. The number of rotatable bonds is 3. The lowest BCUT2D eigenvalue weighted by Gasteiger charge is -1.97. The van der Waals surface area contributed by atoms with Crippen molar-refractivity contribution in [3.63, 3.8) is 0 Å². The number of nitrogens with zero attached hydrogens (tertiary/aromatic N) is 2. The average Bonchev–Trinajstić information content (AvgIpc) is 2.31. The maximum Gasteiger partial charge on any atom is 0.157 e. The van der Waals surface area contributed by atoms with E-state index in [2.05, 4.69) is 5.10 Å². The zero-order valence-corrected chi connectivity index (χ0v) is 5.95. The second kappa shape index (κ2) is 3.22. The first-order valence-electron chi connectivity index (χ1n) is 3.14. The van der Waals surface area contributed by atoms with Crippen LogP contribution in [0.4, 0.5) is 0 Å². The molecular weight excluding hydrogens is 130 g/mol. The highest BCUT2D eigenvalue weighted by molar-refractivity contribution is 5.10. The zero-order chi connectivity index (χ0) is 7.40. The fourth-order valence-electron chi connectivity index (χ4n) is 0.650. The van der Waals surface area contributed by atoms with Crippen molar-refractivity contribution in [2.24, 2.45) is 12.8 Å². The number of ether oxygens (including phenoxy) is 1. The predicted octanol–water partition coefficient (Wildman–Crippen LogP) is -0.242. The van der Waals surface area contributed by atoms with E-state index < -0.39 is 0 Å². The van der Waals surface area contributed by atoms with Gasteiger partial charge in [-0.2, -0.15) is 5.10 Å². The molecule has 0 spiro atoms. The molecule has 1 aromatic heterocycles. The normalized spacial score (nSPS) is 9.80. The van der Waals surface area contributed by atoms with Gasteiger partial charge >= 0.3 is 0 Å². The summed E-state index contributed by atoms with van der Waals surface area (Å²) < 4.78 is 6.85. The van der Waals surface area contributed by atoms with E-state index in [0.717, 1.165) is 5.75 Å². The molecule has 10 heavy (non-hydrogen) atoms. The number of hydrogen-bond acceptors (Lipinski definition) is 3.